The lowest BCUT2D eigenvalue weighted by Crippen LogP contribution is -2.32. The Labute approximate surface area is 129 Å². The molecule has 0 unspecified atom stereocenters. The van der Waals surface area contributed by atoms with Crippen molar-refractivity contribution in [3.05, 3.63) is 53.7 Å². The van der Waals surface area contributed by atoms with Gasteiger partial charge in [0.25, 0.3) is 5.91 Å². The normalized spacial score (nSPS) is 16.3. The molecule has 0 spiro atoms. The number of carbonyl (C=O) groups excluding carboxylic acids is 1. The van der Waals surface area contributed by atoms with E-state index in [-0.39, 0.29) is 11.9 Å². The molecule has 1 aromatic heterocycles. The summed E-state index contributed by atoms with van der Waals surface area (Å²) < 4.78 is 10.9. The van der Waals surface area contributed by atoms with Crippen LogP contribution in [0.3, 0.4) is 0 Å². The lowest BCUT2D eigenvalue weighted by Gasteiger charge is -2.26. The summed E-state index contributed by atoms with van der Waals surface area (Å²) in [6.45, 7) is 3.05. The predicted molar refractivity (Wildman–Crippen MR) is 82.2 cm³/mol. The van der Waals surface area contributed by atoms with Crippen molar-refractivity contribution < 1.29 is 14.3 Å². The van der Waals surface area contributed by atoms with Crippen LogP contribution in [0.2, 0.25) is 0 Å². The van der Waals surface area contributed by atoms with Crippen LogP contribution in [0.4, 0.5) is 0 Å². The molecule has 5 heteroatoms. The van der Waals surface area contributed by atoms with E-state index in [4.69, 9.17) is 9.47 Å². The highest BCUT2D eigenvalue weighted by molar-refractivity contribution is 5.94. The molecule has 0 radical (unpaired) electrons. The van der Waals surface area contributed by atoms with Crippen LogP contribution in [-0.2, 0) is 0 Å². The van der Waals surface area contributed by atoms with Crippen molar-refractivity contribution in [3.8, 4) is 11.6 Å². The second-order valence-electron chi connectivity index (χ2n) is 5.02. The first kappa shape index (κ1) is 14.4. The monoisotopic (exact) mass is 298 g/mol. The van der Waals surface area contributed by atoms with Gasteiger partial charge in [0.1, 0.15) is 5.75 Å². The average molecular weight is 298 g/mol. The van der Waals surface area contributed by atoms with Crippen LogP contribution in [0.5, 0.6) is 11.6 Å². The van der Waals surface area contributed by atoms with Crippen LogP contribution in [0, 0.1) is 0 Å². The number of para-hydroxylation sites is 1. The number of amides is 1. The van der Waals surface area contributed by atoms with Crippen LogP contribution < -0.4 is 14.8 Å². The van der Waals surface area contributed by atoms with E-state index in [0.717, 1.165) is 17.7 Å². The van der Waals surface area contributed by atoms with Crippen molar-refractivity contribution in [2.45, 2.75) is 19.4 Å². The first-order valence-corrected chi connectivity index (χ1v) is 7.39. The minimum Gasteiger partial charge on any atom is -0.493 e. The fourth-order valence-corrected chi connectivity index (χ4v) is 2.48. The Morgan fingerprint density at radius 2 is 2.23 bits per heavy atom. The third-order valence-electron chi connectivity index (χ3n) is 3.55. The standard InChI is InChI=1S/C17H18N2O3/c1-2-21-16-8-7-12(11-18-16)17(20)19-14-9-10-22-15-6-4-3-5-13(14)15/h3-8,11,14H,2,9-10H2,1H3,(H,19,20)/t14-/m1/s1. The van der Waals surface area contributed by atoms with Crippen LogP contribution in [0.1, 0.15) is 35.3 Å². The molecule has 114 valence electrons. The average Bonchev–Trinajstić information content (AvgIpc) is 2.56. The summed E-state index contributed by atoms with van der Waals surface area (Å²) in [6, 6.07) is 11.2. The molecular weight excluding hydrogens is 280 g/mol. The van der Waals surface area contributed by atoms with Gasteiger partial charge >= 0.3 is 0 Å². The zero-order chi connectivity index (χ0) is 15.4. The molecule has 2 aromatic rings. The molecule has 1 atom stereocenters. The summed E-state index contributed by atoms with van der Waals surface area (Å²) in [5, 5.41) is 3.04. The number of hydrogen-bond acceptors (Lipinski definition) is 4. The number of ether oxygens (including phenoxy) is 2. The lowest BCUT2D eigenvalue weighted by molar-refractivity contribution is 0.0924. The number of pyridine rings is 1. The van der Waals surface area contributed by atoms with Crippen molar-refractivity contribution in [2.24, 2.45) is 0 Å². The Balaban J connectivity index is 1.72. The lowest BCUT2D eigenvalue weighted by atomic mass is 10.0. The number of carbonyl (C=O) groups is 1. The summed E-state index contributed by atoms with van der Waals surface area (Å²) in [7, 11) is 0. The number of rotatable bonds is 4. The number of nitrogens with one attached hydrogen (secondary N) is 1. The van der Waals surface area contributed by atoms with E-state index in [1.807, 2.05) is 31.2 Å². The van der Waals surface area contributed by atoms with Gasteiger partial charge < -0.3 is 14.8 Å². The van der Waals surface area contributed by atoms with Gasteiger partial charge in [-0.15, -0.1) is 0 Å². The molecule has 22 heavy (non-hydrogen) atoms. The molecule has 1 N–H and O–H groups in total. The zero-order valence-electron chi connectivity index (χ0n) is 12.4. The molecule has 0 aliphatic carbocycles. The largest absolute Gasteiger partial charge is 0.493 e. The van der Waals surface area contributed by atoms with Gasteiger partial charge in [-0.1, -0.05) is 18.2 Å². The fraction of sp³-hybridized carbons (Fsp3) is 0.294. The number of benzene rings is 1. The maximum Gasteiger partial charge on any atom is 0.253 e. The Hall–Kier alpha value is -2.56. The fourth-order valence-electron chi connectivity index (χ4n) is 2.48. The first-order chi connectivity index (χ1) is 10.8. The Morgan fingerprint density at radius 1 is 1.36 bits per heavy atom. The van der Waals surface area contributed by atoms with Crippen LogP contribution in [0.15, 0.2) is 42.6 Å². The van der Waals surface area contributed by atoms with Crippen molar-refractivity contribution in [1.82, 2.24) is 10.3 Å². The number of hydrogen-bond donors (Lipinski definition) is 1. The minimum absolute atomic E-state index is 0.0379. The van der Waals surface area contributed by atoms with E-state index in [2.05, 4.69) is 10.3 Å². The minimum atomic E-state index is -0.141. The summed E-state index contributed by atoms with van der Waals surface area (Å²) >= 11 is 0. The molecule has 3 rings (SSSR count). The number of nitrogens with zero attached hydrogens (tertiary/aromatic N) is 1. The SMILES string of the molecule is CCOc1ccc(C(=O)N[C@@H]2CCOc3ccccc32)cn1. The molecule has 0 bridgehead atoms. The third-order valence-corrected chi connectivity index (χ3v) is 3.55. The second-order valence-corrected chi connectivity index (χ2v) is 5.02. The van der Waals surface area contributed by atoms with Gasteiger partial charge in [-0.2, -0.15) is 0 Å². The van der Waals surface area contributed by atoms with Gasteiger partial charge in [0.2, 0.25) is 5.88 Å². The highest BCUT2D eigenvalue weighted by Crippen LogP contribution is 2.31. The molecular formula is C17H18N2O3. The van der Waals surface area contributed by atoms with E-state index in [1.165, 1.54) is 6.20 Å². The van der Waals surface area contributed by atoms with Gasteiger partial charge in [0, 0.05) is 24.2 Å². The molecule has 1 aliphatic heterocycles. The van der Waals surface area contributed by atoms with Crippen molar-refractivity contribution in [3.63, 3.8) is 0 Å². The van der Waals surface area contributed by atoms with Crippen LogP contribution in [-0.4, -0.2) is 24.1 Å². The zero-order valence-corrected chi connectivity index (χ0v) is 12.4. The van der Waals surface area contributed by atoms with E-state index < -0.39 is 0 Å². The Morgan fingerprint density at radius 3 is 3.00 bits per heavy atom. The highest BCUT2D eigenvalue weighted by atomic mass is 16.5. The predicted octanol–water partition coefficient (Wildman–Crippen LogP) is 2.73. The maximum atomic E-state index is 12.4. The molecule has 1 amide bonds. The van der Waals surface area contributed by atoms with Gasteiger partial charge in [0.05, 0.1) is 24.8 Å². The van der Waals surface area contributed by atoms with Crippen molar-refractivity contribution >= 4 is 5.91 Å². The molecule has 1 aromatic carbocycles. The van der Waals surface area contributed by atoms with Crippen LogP contribution >= 0.6 is 0 Å². The Bertz CT molecular complexity index is 655. The molecule has 0 saturated carbocycles. The van der Waals surface area contributed by atoms with E-state index in [0.29, 0.717) is 24.7 Å². The Kier molecular flexibility index (Phi) is 4.23. The highest BCUT2D eigenvalue weighted by Gasteiger charge is 2.23. The van der Waals surface area contributed by atoms with Gasteiger partial charge in [-0.05, 0) is 19.1 Å². The molecule has 1 aliphatic rings. The second kappa shape index (κ2) is 6.47. The maximum absolute atomic E-state index is 12.4. The summed E-state index contributed by atoms with van der Waals surface area (Å²) in [5.74, 6) is 1.22. The quantitative estimate of drug-likeness (QED) is 0.943. The molecule has 0 saturated heterocycles. The van der Waals surface area contributed by atoms with E-state index >= 15 is 0 Å². The first-order valence-electron chi connectivity index (χ1n) is 7.39. The van der Waals surface area contributed by atoms with Gasteiger partial charge in [-0.25, -0.2) is 4.98 Å². The van der Waals surface area contributed by atoms with Crippen molar-refractivity contribution in [1.29, 1.82) is 0 Å². The third kappa shape index (κ3) is 3.03. The van der Waals surface area contributed by atoms with Crippen LogP contribution in [0.25, 0.3) is 0 Å². The van der Waals surface area contributed by atoms with E-state index in [9.17, 15) is 4.79 Å². The smallest absolute Gasteiger partial charge is 0.253 e. The number of fused-ring (bicyclic) bond motifs is 1. The topological polar surface area (TPSA) is 60.5 Å². The summed E-state index contributed by atoms with van der Waals surface area (Å²) in [4.78, 5) is 16.5. The number of aromatic nitrogens is 1. The van der Waals surface area contributed by atoms with Gasteiger partial charge in [0.15, 0.2) is 0 Å². The molecule has 0 fully saturated rings. The van der Waals surface area contributed by atoms with E-state index in [1.54, 1.807) is 12.1 Å². The molecule has 5 nitrogen and oxygen atoms in total. The summed E-state index contributed by atoms with van der Waals surface area (Å²) in [5.41, 5.74) is 1.54. The molecule has 2 heterocycles. The summed E-state index contributed by atoms with van der Waals surface area (Å²) in [6.07, 6.45) is 2.29. The van der Waals surface area contributed by atoms with Crippen molar-refractivity contribution in [2.75, 3.05) is 13.2 Å². The van der Waals surface area contributed by atoms with Gasteiger partial charge in [-0.3, -0.25) is 4.79 Å².